The van der Waals surface area contributed by atoms with Crippen LogP contribution in [0, 0.1) is 0 Å². The molecule has 0 saturated heterocycles. The van der Waals surface area contributed by atoms with Gasteiger partial charge in [0.25, 0.3) is 5.91 Å². The van der Waals surface area contributed by atoms with E-state index in [9.17, 15) is 9.59 Å². The number of oxazole rings is 1. The molecule has 7 nitrogen and oxygen atoms in total. The highest BCUT2D eigenvalue weighted by Crippen LogP contribution is 2.28. The van der Waals surface area contributed by atoms with E-state index < -0.39 is 0 Å². The Balaban J connectivity index is 1.38. The van der Waals surface area contributed by atoms with Gasteiger partial charge in [0.05, 0.1) is 17.5 Å². The summed E-state index contributed by atoms with van der Waals surface area (Å²) in [7, 11) is 0. The summed E-state index contributed by atoms with van der Waals surface area (Å²) in [5, 5.41) is 5.95. The van der Waals surface area contributed by atoms with Crippen molar-refractivity contribution < 1.29 is 18.4 Å². The maximum absolute atomic E-state index is 11.9. The number of nitrogens with zero attached hydrogens (tertiary/aromatic N) is 1. The molecule has 0 radical (unpaired) electrons. The molecule has 27 heavy (non-hydrogen) atoms. The highest BCUT2D eigenvalue weighted by Gasteiger charge is 2.11. The lowest BCUT2D eigenvalue weighted by Crippen LogP contribution is -2.34. The number of amides is 2. The molecule has 140 valence electrons. The molecule has 1 aromatic carbocycles. The predicted octanol–water partition coefficient (Wildman–Crippen LogP) is 3.07. The van der Waals surface area contributed by atoms with E-state index in [2.05, 4.69) is 15.6 Å². The molecule has 0 aliphatic heterocycles. The van der Waals surface area contributed by atoms with Crippen LogP contribution in [0.5, 0.6) is 0 Å². The fraction of sp³-hybridized carbons (Fsp3) is 0.211. The van der Waals surface area contributed by atoms with Crippen molar-refractivity contribution in [3.63, 3.8) is 0 Å². The van der Waals surface area contributed by atoms with Crippen LogP contribution in [0.15, 0.2) is 57.7 Å². The summed E-state index contributed by atoms with van der Waals surface area (Å²) in [5.41, 5.74) is 0.759. The van der Waals surface area contributed by atoms with Gasteiger partial charge in [0, 0.05) is 31.5 Å². The summed E-state index contributed by atoms with van der Waals surface area (Å²) >= 11 is 6.13. The second kappa shape index (κ2) is 9.05. The average Bonchev–Trinajstić information content (AvgIpc) is 3.35. The number of benzene rings is 1. The van der Waals surface area contributed by atoms with Crippen LogP contribution in [0.3, 0.4) is 0 Å². The van der Waals surface area contributed by atoms with Crippen molar-refractivity contribution in [2.24, 2.45) is 0 Å². The minimum atomic E-state index is -0.318. The highest BCUT2D eigenvalue weighted by molar-refractivity contribution is 6.33. The van der Waals surface area contributed by atoms with Crippen LogP contribution in [0.4, 0.5) is 0 Å². The number of rotatable bonds is 8. The summed E-state index contributed by atoms with van der Waals surface area (Å²) < 4.78 is 10.6. The molecule has 0 spiro atoms. The number of furan rings is 1. The second-order valence-electron chi connectivity index (χ2n) is 5.68. The number of aromatic nitrogens is 1. The summed E-state index contributed by atoms with van der Waals surface area (Å²) in [6, 6.07) is 10.5. The molecule has 2 heterocycles. The zero-order valence-corrected chi connectivity index (χ0v) is 15.2. The molecule has 8 heteroatoms. The van der Waals surface area contributed by atoms with E-state index in [1.54, 1.807) is 24.4 Å². The number of nitrogens with one attached hydrogen (secondary N) is 2. The van der Waals surface area contributed by atoms with Gasteiger partial charge in [0.15, 0.2) is 17.4 Å². The number of carbonyl (C=O) groups is 2. The van der Waals surface area contributed by atoms with Gasteiger partial charge in [-0.15, -0.1) is 0 Å². The molecule has 2 N–H and O–H groups in total. The minimum Gasteiger partial charge on any atom is -0.459 e. The van der Waals surface area contributed by atoms with Crippen molar-refractivity contribution in [1.29, 1.82) is 0 Å². The third-order valence-electron chi connectivity index (χ3n) is 3.74. The standard InChI is InChI=1S/C19H18ClN3O4/c20-14-5-2-1-4-13(14)16-12-23-18(27-16)8-7-17(24)21-9-10-22-19(25)15-6-3-11-26-15/h1-6,11-12H,7-10H2,(H,21,24)(H,22,25). The van der Waals surface area contributed by atoms with Gasteiger partial charge < -0.3 is 19.5 Å². The van der Waals surface area contributed by atoms with E-state index >= 15 is 0 Å². The SMILES string of the molecule is O=C(CCc1ncc(-c2ccccc2Cl)o1)NCCNC(=O)c1ccco1. The van der Waals surface area contributed by atoms with Crippen molar-refractivity contribution in [3.05, 3.63) is 65.5 Å². The Labute approximate surface area is 160 Å². The summed E-state index contributed by atoms with van der Waals surface area (Å²) in [6.07, 6.45) is 3.62. The van der Waals surface area contributed by atoms with E-state index in [0.29, 0.717) is 36.2 Å². The minimum absolute atomic E-state index is 0.153. The van der Waals surface area contributed by atoms with Crippen LogP contribution in [0.1, 0.15) is 22.9 Å². The first-order valence-electron chi connectivity index (χ1n) is 8.41. The van der Waals surface area contributed by atoms with Gasteiger partial charge in [-0.25, -0.2) is 4.98 Å². The number of aryl methyl sites for hydroxylation is 1. The Kier molecular flexibility index (Phi) is 6.27. The van der Waals surface area contributed by atoms with E-state index in [1.165, 1.54) is 6.26 Å². The molecule has 0 fully saturated rings. The maximum Gasteiger partial charge on any atom is 0.287 e. The smallest absolute Gasteiger partial charge is 0.287 e. The topological polar surface area (TPSA) is 97.4 Å². The summed E-state index contributed by atoms with van der Waals surface area (Å²) in [5.74, 6) is 0.795. The quantitative estimate of drug-likeness (QED) is 0.579. The van der Waals surface area contributed by atoms with Crippen LogP contribution < -0.4 is 10.6 Å². The van der Waals surface area contributed by atoms with Crippen LogP contribution in [0.2, 0.25) is 5.02 Å². The Morgan fingerprint density at radius 2 is 1.89 bits per heavy atom. The summed E-state index contributed by atoms with van der Waals surface area (Å²) in [6.45, 7) is 0.628. The largest absolute Gasteiger partial charge is 0.459 e. The number of hydrogen-bond donors (Lipinski definition) is 2. The van der Waals surface area contributed by atoms with Crippen molar-refractivity contribution in [1.82, 2.24) is 15.6 Å². The molecule has 3 rings (SSSR count). The van der Waals surface area contributed by atoms with Crippen LogP contribution >= 0.6 is 11.6 Å². The first-order chi connectivity index (χ1) is 13.1. The fourth-order valence-electron chi connectivity index (χ4n) is 2.39. The van der Waals surface area contributed by atoms with Crippen molar-refractivity contribution in [2.45, 2.75) is 12.8 Å². The number of hydrogen-bond acceptors (Lipinski definition) is 5. The van der Waals surface area contributed by atoms with Crippen LogP contribution in [0.25, 0.3) is 11.3 Å². The third-order valence-corrected chi connectivity index (χ3v) is 4.07. The first kappa shape index (κ1) is 18.7. The Hall–Kier alpha value is -3.06. The van der Waals surface area contributed by atoms with E-state index in [4.69, 9.17) is 20.4 Å². The van der Waals surface area contributed by atoms with Gasteiger partial charge in [-0.3, -0.25) is 9.59 Å². The van der Waals surface area contributed by atoms with Gasteiger partial charge >= 0.3 is 0 Å². The Morgan fingerprint density at radius 3 is 2.67 bits per heavy atom. The summed E-state index contributed by atoms with van der Waals surface area (Å²) in [4.78, 5) is 27.7. The van der Waals surface area contributed by atoms with Gasteiger partial charge in [-0.1, -0.05) is 23.7 Å². The van der Waals surface area contributed by atoms with E-state index in [1.807, 2.05) is 18.2 Å². The average molecular weight is 388 g/mol. The molecular weight excluding hydrogens is 370 g/mol. The molecule has 0 atom stereocenters. The Bertz CT molecular complexity index is 905. The zero-order valence-electron chi connectivity index (χ0n) is 14.4. The lowest BCUT2D eigenvalue weighted by Gasteiger charge is -2.05. The third kappa shape index (κ3) is 5.21. The van der Waals surface area contributed by atoms with E-state index in [-0.39, 0.29) is 24.0 Å². The molecule has 2 amide bonds. The Morgan fingerprint density at radius 1 is 1.07 bits per heavy atom. The van der Waals surface area contributed by atoms with Gasteiger partial charge in [0.2, 0.25) is 5.91 Å². The molecule has 0 unspecified atom stereocenters. The zero-order chi connectivity index (χ0) is 19.1. The molecular formula is C19H18ClN3O4. The van der Waals surface area contributed by atoms with Crippen molar-refractivity contribution in [2.75, 3.05) is 13.1 Å². The molecule has 2 aromatic heterocycles. The van der Waals surface area contributed by atoms with Crippen LogP contribution in [-0.4, -0.2) is 29.9 Å². The van der Waals surface area contributed by atoms with Gasteiger partial charge in [-0.05, 0) is 24.3 Å². The molecule has 0 saturated carbocycles. The van der Waals surface area contributed by atoms with Crippen molar-refractivity contribution in [3.8, 4) is 11.3 Å². The lowest BCUT2D eigenvalue weighted by molar-refractivity contribution is -0.121. The predicted molar refractivity (Wildman–Crippen MR) is 99.3 cm³/mol. The van der Waals surface area contributed by atoms with Crippen LogP contribution in [-0.2, 0) is 11.2 Å². The second-order valence-corrected chi connectivity index (χ2v) is 6.09. The highest BCUT2D eigenvalue weighted by atomic mass is 35.5. The molecule has 3 aromatic rings. The van der Waals surface area contributed by atoms with E-state index in [0.717, 1.165) is 5.56 Å². The number of halogens is 1. The lowest BCUT2D eigenvalue weighted by atomic mass is 10.2. The van der Waals surface area contributed by atoms with Crippen molar-refractivity contribution >= 4 is 23.4 Å². The molecule has 0 bridgehead atoms. The molecule has 0 aliphatic rings. The van der Waals surface area contributed by atoms with Gasteiger partial charge in [-0.2, -0.15) is 0 Å². The number of carbonyl (C=O) groups excluding carboxylic acids is 2. The normalized spacial score (nSPS) is 10.6. The first-order valence-corrected chi connectivity index (χ1v) is 8.79. The maximum atomic E-state index is 11.9. The monoisotopic (exact) mass is 387 g/mol. The fourth-order valence-corrected chi connectivity index (χ4v) is 2.62. The van der Waals surface area contributed by atoms with Gasteiger partial charge in [0.1, 0.15) is 0 Å². The molecule has 0 aliphatic carbocycles.